The van der Waals surface area contributed by atoms with E-state index in [1.54, 1.807) is 0 Å². The van der Waals surface area contributed by atoms with Gasteiger partial charge in [-0.1, -0.05) is 114 Å². The normalized spacial score (nSPS) is 11.2. The molecule has 0 fully saturated rings. The van der Waals surface area contributed by atoms with Crippen LogP contribution in [0.5, 0.6) is 0 Å². The Hall–Kier alpha value is -1.88. The molecule has 0 bridgehead atoms. The minimum Gasteiger partial charge on any atom is -0.481 e. The Bertz CT molecular complexity index is 664. The molecule has 0 saturated heterocycles. The summed E-state index contributed by atoms with van der Waals surface area (Å²) in [6.07, 6.45) is 20.4. The molecule has 0 amide bonds. The van der Waals surface area contributed by atoms with Crippen molar-refractivity contribution < 1.29 is 19.4 Å². The third-order valence-corrected chi connectivity index (χ3v) is 6.98. The zero-order valence-corrected chi connectivity index (χ0v) is 23.8. The highest BCUT2D eigenvalue weighted by Crippen LogP contribution is 2.13. The van der Waals surface area contributed by atoms with Gasteiger partial charge in [0.05, 0.1) is 6.61 Å². The van der Waals surface area contributed by atoms with Crippen LogP contribution in [0.1, 0.15) is 134 Å². The first-order valence-corrected chi connectivity index (χ1v) is 15.3. The van der Waals surface area contributed by atoms with Gasteiger partial charge in [-0.05, 0) is 50.8 Å². The van der Waals surface area contributed by atoms with E-state index in [1.165, 1.54) is 76.2 Å². The monoisotopic (exact) mass is 517 g/mol. The van der Waals surface area contributed by atoms with Crippen LogP contribution in [0.15, 0.2) is 30.3 Å². The van der Waals surface area contributed by atoms with Gasteiger partial charge in [-0.25, -0.2) is 0 Å². The van der Waals surface area contributed by atoms with Crippen molar-refractivity contribution in [3.8, 4) is 0 Å². The number of rotatable bonds is 26. The maximum atomic E-state index is 11.9. The van der Waals surface area contributed by atoms with Crippen molar-refractivity contribution in [1.82, 2.24) is 4.90 Å². The summed E-state index contributed by atoms with van der Waals surface area (Å²) in [7, 11) is 0. The number of ether oxygens (including phenoxy) is 1. The predicted molar refractivity (Wildman–Crippen MR) is 154 cm³/mol. The average molecular weight is 518 g/mol. The molecule has 0 heterocycles. The lowest BCUT2D eigenvalue weighted by Crippen LogP contribution is -2.25. The first-order chi connectivity index (χ1) is 18.1. The van der Waals surface area contributed by atoms with Crippen molar-refractivity contribution in [3.63, 3.8) is 0 Å². The number of nitrogens with zero attached hydrogens (tertiary/aromatic N) is 1. The summed E-state index contributed by atoms with van der Waals surface area (Å²) in [5.41, 5.74) is 1.36. The SMILES string of the molecule is CCCCCCCCCOC(=O)CCCCCCCN(CCCCCCCC(=O)O)Cc1ccccc1. The first kappa shape index (κ1) is 33.1. The Morgan fingerprint density at radius 1 is 0.676 bits per heavy atom. The van der Waals surface area contributed by atoms with Crippen LogP contribution in [0.3, 0.4) is 0 Å². The molecule has 0 aromatic heterocycles. The number of carbonyl (C=O) groups excluding carboxylic acids is 1. The number of hydrogen-bond acceptors (Lipinski definition) is 4. The summed E-state index contributed by atoms with van der Waals surface area (Å²) in [4.78, 5) is 25.1. The molecule has 0 aliphatic rings. The fraction of sp³-hybridized carbons (Fsp3) is 0.750. The molecule has 0 aliphatic carbocycles. The summed E-state index contributed by atoms with van der Waals surface area (Å²) in [6, 6.07) is 10.7. The van der Waals surface area contributed by atoms with Gasteiger partial charge in [-0.3, -0.25) is 14.5 Å². The molecule has 0 atom stereocenters. The smallest absolute Gasteiger partial charge is 0.305 e. The summed E-state index contributed by atoms with van der Waals surface area (Å²) >= 11 is 0. The zero-order valence-electron chi connectivity index (χ0n) is 23.8. The van der Waals surface area contributed by atoms with Gasteiger partial charge < -0.3 is 9.84 Å². The van der Waals surface area contributed by atoms with Gasteiger partial charge >= 0.3 is 11.9 Å². The summed E-state index contributed by atoms with van der Waals surface area (Å²) in [5.74, 6) is -0.712. The first-order valence-electron chi connectivity index (χ1n) is 15.3. The fourth-order valence-electron chi connectivity index (χ4n) is 4.71. The standard InChI is InChI=1S/C32H55NO4/c1-2-3-4-5-6-13-21-28-37-32(36)25-18-10-8-12-20-27-33(29-30-22-15-14-16-23-30)26-19-11-7-9-17-24-31(34)35/h14-16,22-23H,2-13,17-21,24-29H2,1H3,(H,34,35). The van der Waals surface area contributed by atoms with Crippen LogP contribution in [0.25, 0.3) is 0 Å². The van der Waals surface area contributed by atoms with Crippen molar-refractivity contribution in [2.24, 2.45) is 0 Å². The van der Waals surface area contributed by atoms with E-state index in [9.17, 15) is 9.59 Å². The molecule has 212 valence electrons. The van der Waals surface area contributed by atoms with E-state index in [0.29, 0.717) is 19.4 Å². The van der Waals surface area contributed by atoms with Crippen LogP contribution in [0.2, 0.25) is 0 Å². The Balaban J connectivity index is 2.08. The van der Waals surface area contributed by atoms with E-state index in [-0.39, 0.29) is 5.97 Å². The highest BCUT2D eigenvalue weighted by Gasteiger charge is 2.07. The third-order valence-electron chi connectivity index (χ3n) is 6.98. The molecule has 0 radical (unpaired) electrons. The van der Waals surface area contributed by atoms with E-state index in [4.69, 9.17) is 9.84 Å². The maximum absolute atomic E-state index is 11.9. The molecular weight excluding hydrogens is 462 g/mol. The molecule has 37 heavy (non-hydrogen) atoms. The Morgan fingerprint density at radius 2 is 1.19 bits per heavy atom. The molecule has 0 spiro atoms. The van der Waals surface area contributed by atoms with Crippen molar-refractivity contribution in [2.75, 3.05) is 19.7 Å². The van der Waals surface area contributed by atoms with Crippen LogP contribution in [-0.2, 0) is 20.9 Å². The van der Waals surface area contributed by atoms with Crippen LogP contribution in [0.4, 0.5) is 0 Å². The van der Waals surface area contributed by atoms with Gasteiger partial charge in [-0.15, -0.1) is 0 Å². The van der Waals surface area contributed by atoms with Gasteiger partial charge in [0, 0.05) is 19.4 Å². The summed E-state index contributed by atoms with van der Waals surface area (Å²) in [6.45, 7) is 6.02. The number of carboxylic acids is 1. The quantitative estimate of drug-likeness (QED) is 0.0985. The van der Waals surface area contributed by atoms with E-state index in [0.717, 1.165) is 58.2 Å². The minimum atomic E-state index is -0.687. The fourth-order valence-corrected chi connectivity index (χ4v) is 4.71. The van der Waals surface area contributed by atoms with Crippen molar-refractivity contribution >= 4 is 11.9 Å². The zero-order chi connectivity index (χ0) is 26.8. The Morgan fingerprint density at radius 3 is 1.78 bits per heavy atom. The Kier molecular flexibility index (Phi) is 21.9. The van der Waals surface area contributed by atoms with E-state index >= 15 is 0 Å². The molecular formula is C32H55NO4. The average Bonchev–Trinajstić information content (AvgIpc) is 2.89. The van der Waals surface area contributed by atoms with E-state index in [1.807, 2.05) is 0 Å². The number of carboxylic acid groups (broad SMARTS) is 1. The molecule has 0 saturated carbocycles. The second-order valence-corrected chi connectivity index (χ2v) is 10.5. The molecule has 5 heteroatoms. The molecule has 1 aromatic rings. The molecule has 5 nitrogen and oxygen atoms in total. The number of aliphatic carboxylic acids is 1. The highest BCUT2D eigenvalue weighted by molar-refractivity contribution is 5.69. The lowest BCUT2D eigenvalue weighted by atomic mass is 10.1. The topological polar surface area (TPSA) is 66.8 Å². The van der Waals surface area contributed by atoms with Crippen LogP contribution in [0, 0.1) is 0 Å². The van der Waals surface area contributed by atoms with Gasteiger partial charge in [-0.2, -0.15) is 0 Å². The van der Waals surface area contributed by atoms with E-state index in [2.05, 4.69) is 42.2 Å². The number of esters is 1. The lowest BCUT2D eigenvalue weighted by Gasteiger charge is -2.22. The maximum Gasteiger partial charge on any atom is 0.305 e. The largest absolute Gasteiger partial charge is 0.481 e. The van der Waals surface area contributed by atoms with Gasteiger partial charge in [0.1, 0.15) is 0 Å². The van der Waals surface area contributed by atoms with Crippen molar-refractivity contribution in [1.29, 1.82) is 0 Å². The molecule has 1 rings (SSSR count). The Labute approximate surface area is 227 Å². The van der Waals surface area contributed by atoms with E-state index < -0.39 is 5.97 Å². The summed E-state index contributed by atoms with van der Waals surface area (Å²) < 4.78 is 5.39. The number of hydrogen-bond donors (Lipinski definition) is 1. The molecule has 0 aliphatic heterocycles. The van der Waals surface area contributed by atoms with Crippen LogP contribution in [-0.4, -0.2) is 41.6 Å². The van der Waals surface area contributed by atoms with Gasteiger partial charge in [0.2, 0.25) is 0 Å². The van der Waals surface area contributed by atoms with Crippen molar-refractivity contribution in [2.45, 2.75) is 135 Å². The molecule has 1 N–H and O–H groups in total. The number of benzene rings is 1. The van der Waals surface area contributed by atoms with Gasteiger partial charge in [0.25, 0.3) is 0 Å². The third kappa shape index (κ3) is 21.9. The number of unbranched alkanes of at least 4 members (excludes halogenated alkanes) is 14. The minimum absolute atomic E-state index is 0.0250. The second-order valence-electron chi connectivity index (χ2n) is 10.5. The number of carbonyl (C=O) groups is 2. The van der Waals surface area contributed by atoms with Crippen LogP contribution >= 0.6 is 0 Å². The molecule has 0 unspecified atom stereocenters. The van der Waals surface area contributed by atoms with Crippen molar-refractivity contribution in [3.05, 3.63) is 35.9 Å². The lowest BCUT2D eigenvalue weighted by molar-refractivity contribution is -0.144. The predicted octanol–water partition coefficient (Wildman–Crippen LogP) is 8.55. The highest BCUT2D eigenvalue weighted by atomic mass is 16.5. The summed E-state index contributed by atoms with van der Waals surface area (Å²) in [5, 5.41) is 8.75. The molecule has 1 aromatic carbocycles. The van der Waals surface area contributed by atoms with Gasteiger partial charge in [0.15, 0.2) is 0 Å². The van der Waals surface area contributed by atoms with Crippen LogP contribution < -0.4 is 0 Å². The second kappa shape index (κ2) is 24.5.